The van der Waals surface area contributed by atoms with E-state index in [1.165, 1.54) is 10.9 Å². The number of aromatic nitrogens is 1. The Morgan fingerprint density at radius 2 is 1.80 bits per heavy atom. The van der Waals surface area contributed by atoms with Crippen molar-refractivity contribution in [2.75, 3.05) is 7.05 Å². The molecule has 0 bridgehead atoms. The largest absolute Gasteiger partial charge is 0.309 e. The third kappa shape index (κ3) is 2.28. The van der Waals surface area contributed by atoms with E-state index in [0.29, 0.717) is 0 Å². The van der Waals surface area contributed by atoms with E-state index in [4.69, 9.17) is 11.6 Å². The maximum Gasteiger partial charge on any atom is 0.0595 e. The molecule has 0 aliphatic rings. The predicted molar refractivity (Wildman–Crippen MR) is 84.1 cm³/mol. The van der Waals surface area contributed by atoms with Gasteiger partial charge in [0.05, 0.1) is 6.04 Å². The van der Waals surface area contributed by atoms with E-state index in [-0.39, 0.29) is 6.04 Å². The molecule has 0 aliphatic carbocycles. The SMILES string of the molecule is CNC(c1ccccc1Cl)c1cccc2cnccc12. The normalized spacial score (nSPS) is 12.5. The van der Waals surface area contributed by atoms with Crippen molar-refractivity contribution in [2.45, 2.75) is 6.04 Å². The van der Waals surface area contributed by atoms with Crippen LogP contribution in [0.4, 0.5) is 0 Å². The molecule has 1 heterocycles. The highest BCUT2D eigenvalue weighted by Gasteiger charge is 2.16. The van der Waals surface area contributed by atoms with Crippen LogP contribution in [0.5, 0.6) is 0 Å². The van der Waals surface area contributed by atoms with E-state index in [1.54, 1.807) is 0 Å². The molecule has 0 aliphatic heterocycles. The van der Waals surface area contributed by atoms with Gasteiger partial charge in [-0.2, -0.15) is 0 Å². The number of benzene rings is 2. The van der Waals surface area contributed by atoms with Gasteiger partial charge < -0.3 is 5.32 Å². The summed E-state index contributed by atoms with van der Waals surface area (Å²) in [6.07, 6.45) is 3.71. The summed E-state index contributed by atoms with van der Waals surface area (Å²) >= 11 is 6.35. The second-order valence-electron chi connectivity index (χ2n) is 4.69. The fraction of sp³-hybridized carbons (Fsp3) is 0.118. The molecule has 2 nitrogen and oxygen atoms in total. The van der Waals surface area contributed by atoms with Crippen molar-refractivity contribution in [3.05, 3.63) is 77.1 Å². The van der Waals surface area contributed by atoms with Gasteiger partial charge in [-0.25, -0.2) is 0 Å². The summed E-state index contributed by atoms with van der Waals surface area (Å²) in [5.41, 5.74) is 2.29. The minimum absolute atomic E-state index is 0.0646. The lowest BCUT2D eigenvalue weighted by molar-refractivity contribution is 0.697. The first-order chi connectivity index (χ1) is 9.81. The topological polar surface area (TPSA) is 24.9 Å². The van der Waals surface area contributed by atoms with Crippen LogP contribution in [-0.4, -0.2) is 12.0 Å². The van der Waals surface area contributed by atoms with Gasteiger partial charge in [0.25, 0.3) is 0 Å². The highest BCUT2D eigenvalue weighted by molar-refractivity contribution is 6.31. The lowest BCUT2D eigenvalue weighted by Gasteiger charge is -2.20. The molecule has 100 valence electrons. The van der Waals surface area contributed by atoms with Crippen LogP contribution < -0.4 is 5.32 Å². The van der Waals surface area contributed by atoms with Crippen LogP contribution in [0.15, 0.2) is 60.9 Å². The summed E-state index contributed by atoms with van der Waals surface area (Å²) < 4.78 is 0. The van der Waals surface area contributed by atoms with Crippen LogP contribution in [-0.2, 0) is 0 Å². The number of halogens is 1. The average molecular weight is 283 g/mol. The Balaban J connectivity index is 2.20. The first-order valence-corrected chi connectivity index (χ1v) is 6.93. The van der Waals surface area contributed by atoms with Crippen molar-refractivity contribution < 1.29 is 0 Å². The highest BCUT2D eigenvalue weighted by Crippen LogP contribution is 2.31. The molecule has 1 N–H and O–H groups in total. The Kier molecular flexibility index (Phi) is 3.68. The second kappa shape index (κ2) is 5.61. The quantitative estimate of drug-likeness (QED) is 0.779. The molecule has 0 radical (unpaired) electrons. The summed E-state index contributed by atoms with van der Waals surface area (Å²) in [6.45, 7) is 0. The molecule has 0 saturated heterocycles. The van der Waals surface area contributed by atoms with Gasteiger partial charge in [-0.15, -0.1) is 0 Å². The van der Waals surface area contributed by atoms with E-state index in [1.807, 2.05) is 43.7 Å². The minimum atomic E-state index is 0.0646. The molecule has 2 aromatic carbocycles. The molecule has 3 rings (SSSR count). The molecular formula is C17H15ClN2. The summed E-state index contributed by atoms with van der Waals surface area (Å²) in [6, 6.07) is 16.3. The monoisotopic (exact) mass is 282 g/mol. The Morgan fingerprint density at radius 3 is 2.60 bits per heavy atom. The summed E-state index contributed by atoms with van der Waals surface area (Å²) in [4.78, 5) is 4.18. The number of hydrogen-bond acceptors (Lipinski definition) is 2. The molecule has 3 aromatic rings. The van der Waals surface area contributed by atoms with Crippen molar-refractivity contribution in [3.8, 4) is 0 Å². The Morgan fingerprint density at radius 1 is 1.00 bits per heavy atom. The molecule has 0 fully saturated rings. The van der Waals surface area contributed by atoms with Gasteiger partial charge in [-0.1, -0.05) is 48.0 Å². The highest BCUT2D eigenvalue weighted by atomic mass is 35.5. The van der Waals surface area contributed by atoms with Crippen molar-refractivity contribution in [3.63, 3.8) is 0 Å². The average Bonchev–Trinajstić information content (AvgIpc) is 2.50. The van der Waals surface area contributed by atoms with Gasteiger partial charge >= 0.3 is 0 Å². The van der Waals surface area contributed by atoms with Crippen LogP contribution in [0.3, 0.4) is 0 Å². The number of nitrogens with one attached hydrogen (secondary N) is 1. The zero-order valence-electron chi connectivity index (χ0n) is 11.2. The maximum atomic E-state index is 6.35. The molecule has 1 unspecified atom stereocenters. The van der Waals surface area contributed by atoms with Crippen LogP contribution in [0.25, 0.3) is 10.8 Å². The van der Waals surface area contributed by atoms with Gasteiger partial charge in [-0.05, 0) is 35.7 Å². The number of fused-ring (bicyclic) bond motifs is 1. The van der Waals surface area contributed by atoms with Gasteiger partial charge in [0.15, 0.2) is 0 Å². The molecular weight excluding hydrogens is 268 g/mol. The van der Waals surface area contributed by atoms with Crippen LogP contribution in [0.1, 0.15) is 17.2 Å². The summed E-state index contributed by atoms with van der Waals surface area (Å²) in [5.74, 6) is 0. The van der Waals surface area contributed by atoms with Crippen molar-refractivity contribution in [1.29, 1.82) is 0 Å². The van der Waals surface area contributed by atoms with Crippen molar-refractivity contribution >= 4 is 22.4 Å². The van der Waals surface area contributed by atoms with E-state index in [9.17, 15) is 0 Å². The Hall–Kier alpha value is -1.90. The van der Waals surface area contributed by atoms with Crippen LogP contribution in [0.2, 0.25) is 5.02 Å². The van der Waals surface area contributed by atoms with E-state index < -0.39 is 0 Å². The third-order valence-electron chi connectivity index (χ3n) is 3.53. The molecule has 1 atom stereocenters. The predicted octanol–water partition coefficient (Wildman–Crippen LogP) is 4.20. The Bertz CT molecular complexity index is 734. The fourth-order valence-electron chi connectivity index (χ4n) is 2.59. The maximum absolute atomic E-state index is 6.35. The molecule has 3 heteroatoms. The molecule has 20 heavy (non-hydrogen) atoms. The van der Waals surface area contributed by atoms with Crippen LogP contribution in [0, 0.1) is 0 Å². The number of nitrogens with zero attached hydrogens (tertiary/aromatic N) is 1. The molecule has 0 spiro atoms. The van der Waals surface area contributed by atoms with E-state index in [0.717, 1.165) is 16.0 Å². The van der Waals surface area contributed by atoms with E-state index >= 15 is 0 Å². The second-order valence-corrected chi connectivity index (χ2v) is 5.09. The number of rotatable bonds is 3. The fourth-order valence-corrected chi connectivity index (χ4v) is 2.83. The van der Waals surface area contributed by atoms with Gasteiger partial charge in [0, 0.05) is 22.8 Å². The minimum Gasteiger partial charge on any atom is -0.309 e. The number of hydrogen-bond donors (Lipinski definition) is 1. The van der Waals surface area contributed by atoms with Gasteiger partial charge in [0.2, 0.25) is 0 Å². The smallest absolute Gasteiger partial charge is 0.0595 e. The zero-order valence-corrected chi connectivity index (χ0v) is 11.9. The zero-order chi connectivity index (χ0) is 13.9. The number of pyridine rings is 1. The lowest BCUT2D eigenvalue weighted by Crippen LogP contribution is -2.18. The first kappa shape index (κ1) is 13.1. The molecule has 0 amide bonds. The van der Waals surface area contributed by atoms with Crippen molar-refractivity contribution in [2.24, 2.45) is 0 Å². The van der Waals surface area contributed by atoms with Gasteiger partial charge in [0.1, 0.15) is 0 Å². The summed E-state index contributed by atoms with van der Waals surface area (Å²) in [5, 5.41) is 6.47. The first-order valence-electron chi connectivity index (χ1n) is 6.55. The van der Waals surface area contributed by atoms with Crippen molar-refractivity contribution in [1.82, 2.24) is 10.3 Å². The molecule has 1 aromatic heterocycles. The summed E-state index contributed by atoms with van der Waals surface area (Å²) in [7, 11) is 1.95. The third-order valence-corrected chi connectivity index (χ3v) is 3.87. The van der Waals surface area contributed by atoms with Gasteiger partial charge in [-0.3, -0.25) is 4.98 Å². The van der Waals surface area contributed by atoms with Crippen LogP contribution >= 0.6 is 11.6 Å². The molecule has 0 saturated carbocycles. The van der Waals surface area contributed by atoms with E-state index in [2.05, 4.69) is 34.6 Å². The standard InChI is InChI=1S/C17H15ClN2/c1-19-17(15-6-2-3-8-16(15)18)14-7-4-5-12-11-20-10-9-13(12)14/h2-11,17,19H,1H3. The Labute approximate surface area is 123 Å². The lowest BCUT2D eigenvalue weighted by atomic mass is 9.94.